The van der Waals surface area contributed by atoms with Crippen LogP contribution in [0.1, 0.15) is 17.5 Å². The summed E-state index contributed by atoms with van der Waals surface area (Å²) >= 11 is 6.26. The minimum absolute atomic E-state index is 0.898. The van der Waals surface area contributed by atoms with Gasteiger partial charge in [0, 0.05) is 31.2 Å². The number of hydrogen-bond acceptors (Lipinski definition) is 3. The van der Waals surface area contributed by atoms with Crippen LogP contribution in [0.25, 0.3) is 0 Å². The molecular formula is C16H23ClN2O. The van der Waals surface area contributed by atoms with E-state index in [-0.39, 0.29) is 0 Å². The van der Waals surface area contributed by atoms with Crippen molar-refractivity contribution in [3.05, 3.63) is 34.3 Å². The summed E-state index contributed by atoms with van der Waals surface area (Å²) in [5.74, 6) is 0. The Morgan fingerprint density at radius 2 is 1.85 bits per heavy atom. The first-order valence-electron chi connectivity index (χ1n) is 7.61. The highest BCUT2D eigenvalue weighted by atomic mass is 35.5. The van der Waals surface area contributed by atoms with Crippen LogP contribution in [0.5, 0.6) is 0 Å². The highest BCUT2D eigenvalue weighted by molar-refractivity contribution is 6.31. The molecule has 1 fully saturated rings. The zero-order valence-electron chi connectivity index (χ0n) is 12.0. The number of benzene rings is 1. The molecule has 0 spiro atoms. The quantitative estimate of drug-likeness (QED) is 0.848. The van der Waals surface area contributed by atoms with E-state index in [0.29, 0.717) is 0 Å². The molecule has 0 atom stereocenters. The van der Waals surface area contributed by atoms with Crippen molar-refractivity contribution >= 4 is 11.6 Å². The molecule has 3 nitrogen and oxygen atoms in total. The Bertz CT molecular complexity index is 446. The van der Waals surface area contributed by atoms with Crippen LogP contribution >= 0.6 is 11.6 Å². The molecule has 0 saturated carbocycles. The molecule has 110 valence electrons. The second kappa shape index (κ2) is 6.90. The minimum Gasteiger partial charge on any atom is -0.379 e. The lowest BCUT2D eigenvalue weighted by atomic mass is 9.99. The lowest BCUT2D eigenvalue weighted by Crippen LogP contribution is -2.38. The first kappa shape index (κ1) is 14.3. The third kappa shape index (κ3) is 3.53. The second-order valence-electron chi connectivity index (χ2n) is 5.71. The molecule has 20 heavy (non-hydrogen) atoms. The van der Waals surface area contributed by atoms with Gasteiger partial charge in [-0.25, -0.2) is 0 Å². The van der Waals surface area contributed by atoms with Gasteiger partial charge in [0.25, 0.3) is 0 Å². The van der Waals surface area contributed by atoms with Crippen molar-refractivity contribution in [1.82, 2.24) is 9.80 Å². The van der Waals surface area contributed by atoms with Crippen LogP contribution in [-0.2, 0) is 17.7 Å². The molecule has 0 aromatic heterocycles. The van der Waals surface area contributed by atoms with Crippen LogP contribution in [0, 0.1) is 0 Å². The van der Waals surface area contributed by atoms with Crippen molar-refractivity contribution < 1.29 is 4.74 Å². The number of rotatable bonds is 4. The Balaban J connectivity index is 1.46. The van der Waals surface area contributed by atoms with Crippen LogP contribution in [0.2, 0.25) is 5.02 Å². The van der Waals surface area contributed by atoms with Crippen molar-refractivity contribution in [3.8, 4) is 0 Å². The first-order valence-corrected chi connectivity index (χ1v) is 7.99. The van der Waals surface area contributed by atoms with Gasteiger partial charge >= 0.3 is 0 Å². The molecule has 2 aliphatic heterocycles. The Labute approximate surface area is 126 Å². The second-order valence-corrected chi connectivity index (χ2v) is 6.12. The van der Waals surface area contributed by atoms with E-state index in [0.717, 1.165) is 50.8 Å². The molecule has 0 N–H and O–H groups in total. The molecule has 1 aromatic rings. The van der Waals surface area contributed by atoms with Crippen molar-refractivity contribution in [1.29, 1.82) is 0 Å². The van der Waals surface area contributed by atoms with Crippen molar-refractivity contribution in [2.45, 2.75) is 19.4 Å². The zero-order chi connectivity index (χ0) is 13.8. The van der Waals surface area contributed by atoms with Crippen LogP contribution < -0.4 is 0 Å². The number of ether oxygens (including phenoxy) is 1. The van der Waals surface area contributed by atoms with Crippen LogP contribution in [-0.4, -0.2) is 55.7 Å². The number of nitrogens with zero attached hydrogens (tertiary/aromatic N) is 2. The maximum absolute atomic E-state index is 6.26. The smallest absolute Gasteiger partial charge is 0.0594 e. The lowest BCUT2D eigenvalue weighted by Gasteiger charge is -2.31. The van der Waals surface area contributed by atoms with Crippen LogP contribution in [0.3, 0.4) is 0 Å². The van der Waals surface area contributed by atoms with Crippen LogP contribution in [0.15, 0.2) is 18.2 Å². The number of fused-ring (bicyclic) bond motifs is 1. The summed E-state index contributed by atoms with van der Waals surface area (Å²) in [5.41, 5.74) is 2.77. The fraction of sp³-hybridized carbons (Fsp3) is 0.625. The molecule has 1 saturated heterocycles. The van der Waals surface area contributed by atoms with E-state index in [1.54, 1.807) is 0 Å². The van der Waals surface area contributed by atoms with E-state index in [1.165, 1.54) is 30.6 Å². The monoisotopic (exact) mass is 294 g/mol. The van der Waals surface area contributed by atoms with Gasteiger partial charge in [0.1, 0.15) is 0 Å². The minimum atomic E-state index is 0.898. The van der Waals surface area contributed by atoms with Gasteiger partial charge in [0.05, 0.1) is 13.2 Å². The summed E-state index contributed by atoms with van der Waals surface area (Å²) in [6, 6.07) is 6.29. The van der Waals surface area contributed by atoms with Gasteiger partial charge in [0.15, 0.2) is 0 Å². The summed E-state index contributed by atoms with van der Waals surface area (Å²) in [7, 11) is 0. The number of halogens is 1. The van der Waals surface area contributed by atoms with Gasteiger partial charge in [-0.15, -0.1) is 0 Å². The molecule has 2 heterocycles. The predicted octanol–water partition coefficient (Wildman–Crippen LogP) is 2.42. The maximum atomic E-state index is 6.26. The van der Waals surface area contributed by atoms with E-state index in [1.807, 2.05) is 6.07 Å². The molecule has 1 aromatic carbocycles. The van der Waals surface area contributed by atoms with Crippen LogP contribution in [0.4, 0.5) is 0 Å². The van der Waals surface area contributed by atoms with Gasteiger partial charge in [-0.05, 0) is 43.1 Å². The highest BCUT2D eigenvalue weighted by Gasteiger charge is 2.18. The third-order valence-electron chi connectivity index (χ3n) is 4.34. The van der Waals surface area contributed by atoms with Gasteiger partial charge in [-0.1, -0.05) is 23.7 Å². The SMILES string of the molecule is Clc1cccc2c1CCN(CCCN1CCOCC1)C2. The maximum Gasteiger partial charge on any atom is 0.0594 e. The summed E-state index contributed by atoms with van der Waals surface area (Å²) in [6.07, 6.45) is 2.34. The van der Waals surface area contributed by atoms with Gasteiger partial charge < -0.3 is 4.74 Å². The van der Waals surface area contributed by atoms with Gasteiger partial charge in [-0.3, -0.25) is 9.80 Å². The zero-order valence-corrected chi connectivity index (χ0v) is 12.7. The molecule has 0 radical (unpaired) electrons. The van der Waals surface area contributed by atoms with E-state index < -0.39 is 0 Å². The molecule has 3 rings (SSSR count). The molecule has 0 amide bonds. The Kier molecular flexibility index (Phi) is 4.94. The summed E-state index contributed by atoms with van der Waals surface area (Å²) in [5, 5.41) is 0.940. The topological polar surface area (TPSA) is 15.7 Å². The fourth-order valence-corrected chi connectivity index (χ4v) is 3.44. The number of morpholine rings is 1. The number of hydrogen-bond donors (Lipinski definition) is 0. The average Bonchev–Trinajstić information content (AvgIpc) is 2.48. The Morgan fingerprint density at radius 1 is 1.05 bits per heavy atom. The third-order valence-corrected chi connectivity index (χ3v) is 4.69. The van der Waals surface area contributed by atoms with E-state index in [9.17, 15) is 0 Å². The normalized spacial score (nSPS) is 20.9. The first-order chi connectivity index (χ1) is 9.83. The van der Waals surface area contributed by atoms with Gasteiger partial charge in [-0.2, -0.15) is 0 Å². The fourth-order valence-electron chi connectivity index (χ4n) is 3.15. The molecule has 0 bridgehead atoms. The summed E-state index contributed by atoms with van der Waals surface area (Å²) in [6.45, 7) is 8.56. The van der Waals surface area contributed by atoms with Crippen molar-refractivity contribution in [2.75, 3.05) is 45.9 Å². The molecule has 2 aliphatic rings. The van der Waals surface area contributed by atoms with Crippen molar-refractivity contribution in [3.63, 3.8) is 0 Å². The highest BCUT2D eigenvalue weighted by Crippen LogP contribution is 2.25. The molecule has 4 heteroatoms. The Hall–Kier alpha value is -0.610. The van der Waals surface area contributed by atoms with E-state index in [4.69, 9.17) is 16.3 Å². The van der Waals surface area contributed by atoms with Crippen molar-refractivity contribution in [2.24, 2.45) is 0 Å². The van der Waals surface area contributed by atoms with Gasteiger partial charge in [0.2, 0.25) is 0 Å². The van der Waals surface area contributed by atoms with E-state index >= 15 is 0 Å². The lowest BCUT2D eigenvalue weighted by molar-refractivity contribution is 0.0359. The summed E-state index contributed by atoms with van der Waals surface area (Å²) < 4.78 is 5.38. The largest absolute Gasteiger partial charge is 0.379 e. The molecular weight excluding hydrogens is 272 g/mol. The summed E-state index contributed by atoms with van der Waals surface area (Å²) in [4.78, 5) is 5.07. The average molecular weight is 295 g/mol. The molecule has 0 unspecified atom stereocenters. The molecule has 0 aliphatic carbocycles. The predicted molar refractivity (Wildman–Crippen MR) is 82.3 cm³/mol. The Morgan fingerprint density at radius 3 is 2.70 bits per heavy atom. The van der Waals surface area contributed by atoms with E-state index in [2.05, 4.69) is 21.9 Å². The standard InChI is InChI=1S/C16H23ClN2O/c17-16-4-1-3-14-13-19(8-5-15(14)16)7-2-6-18-9-11-20-12-10-18/h1,3-4H,2,5-13H2.